The first-order chi connectivity index (χ1) is 13.7. The van der Waals surface area contributed by atoms with Gasteiger partial charge >= 0.3 is 5.97 Å². The zero-order valence-electron chi connectivity index (χ0n) is 14.7. The second-order valence-corrected chi connectivity index (χ2v) is 7.62. The van der Waals surface area contributed by atoms with Gasteiger partial charge in [-0.05, 0) is 24.3 Å². The molecule has 0 bridgehead atoms. The number of fused-ring (bicyclic) bond motifs is 1. The van der Waals surface area contributed by atoms with Crippen LogP contribution in [-0.2, 0) is 17.1 Å². The van der Waals surface area contributed by atoms with Crippen LogP contribution in [0.2, 0.25) is 0 Å². The summed E-state index contributed by atoms with van der Waals surface area (Å²) in [6.45, 7) is -0.0427. The Kier molecular flexibility index (Phi) is 5.50. The molecule has 0 aliphatic heterocycles. The van der Waals surface area contributed by atoms with E-state index < -0.39 is 5.97 Å². The van der Waals surface area contributed by atoms with Gasteiger partial charge in [-0.1, -0.05) is 24.3 Å². The number of carbonyl (C=O) groups excluding carboxylic acids is 1. The first-order valence-electron chi connectivity index (χ1n) is 8.48. The van der Waals surface area contributed by atoms with E-state index in [4.69, 9.17) is 10.5 Å². The van der Waals surface area contributed by atoms with Crippen molar-refractivity contribution in [3.63, 3.8) is 0 Å². The smallest absolute Gasteiger partial charge is 0.339 e. The summed E-state index contributed by atoms with van der Waals surface area (Å²) in [4.78, 5) is 26.4. The lowest BCUT2D eigenvalue weighted by Gasteiger charge is -2.09. The first kappa shape index (κ1) is 18.4. The molecule has 0 amide bonds. The van der Waals surface area contributed by atoms with Crippen molar-refractivity contribution in [1.82, 2.24) is 15.0 Å². The molecule has 2 N–H and O–H groups in total. The van der Waals surface area contributed by atoms with Crippen molar-refractivity contribution in [3.8, 4) is 0 Å². The molecule has 0 spiro atoms. The molecular formula is C20H16N4O2S2. The van der Waals surface area contributed by atoms with E-state index >= 15 is 0 Å². The predicted octanol–water partition coefficient (Wildman–Crippen LogP) is 4.32. The van der Waals surface area contributed by atoms with Gasteiger partial charge in [0.2, 0.25) is 0 Å². The number of thiazole rings is 1. The number of para-hydroxylation sites is 1. The number of thioether (sulfide) groups is 1. The summed E-state index contributed by atoms with van der Waals surface area (Å²) in [5, 5.41) is 2.77. The lowest BCUT2D eigenvalue weighted by atomic mass is 10.2. The number of benzene rings is 2. The quantitative estimate of drug-likeness (QED) is 0.375. The Hall–Kier alpha value is -2.97. The largest absolute Gasteiger partial charge is 0.454 e. The molecule has 0 fully saturated rings. The van der Waals surface area contributed by atoms with Crippen LogP contribution in [0.15, 0.2) is 64.3 Å². The molecule has 28 heavy (non-hydrogen) atoms. The van der Waals surface area contributed by atoms with Crippen LogP contribution in [0.4, 0.5) is 5.82 Å². The molecule has 2 aromatic carbocycles. The van der Waals surface area contributed by atoms with E-state index in [-0.39, 0.29) is 6.61 Å². The van der Waals surface area contributed by atoms with Crippen LogP contribution in [-0.4, -0.2) is 20.9 Å². The van der Waals surface area contributed by atoms with E-state index in [1.54, 1.807) is 34.7 Å². The number of anilines is 1. The van der Waals surface area contributed by atoms with Crippen molar-refractivity contribution in [2.75, 3.05) is 5.73 Å². The highest BCUT2D eigenvalue weighted by atomic mass is 32.2. The lowest BCUT2D eigenvalue weighted by molar-refractivity contribution is 0.0458. The number of nitrogens with zero attached hydrogens (tertiary/aromatic N) is 3. The molecule has 6 nitrogen and oxygen atoms in total. The number of nitrogen functional groups attached to an aromatic ring is 1. The van der Waals surface area contributed by atoms with E-state index in [0.717, 1.165) is 21.5 Å². The van der Waals surface area contributed by atoms with Crippen LogP contribution < -0.4 is 5.73 Å². The topological polar surface area (TPSA) is 91.0 Å². The van der Waals surface area contributed by atoms with E-state index in [9.17, 15) is 4.79 Å². The molecular weight excluding hydrogens is 392 g/mol. The number of carbonyl (C=O) groups is 1. The van der Waals surface area contributed by atoms with Gasteiger partial charge in [0.25, 0.3) is 0 Å². The van der Waals surface area contributed by atoms with Crippen LogP contribution in [0.1, 0.15) is 21.9 Å². The fourth-order valence-corrected chi connectivity index (χ4v) is 4.25. The third-order valence-corrected chi connectivity index (χ3v) is 5.72. The number of aromatic nitrogens is 3. The normalized spacial score (nSPS) is 10.9. The van der Waals surface area contributed by atoms with Gasteiger partial charge in [-0.15, -0.1) is 23.1 Å². The highest BCUT2D eigenvalue weighted by Crippen LogP contribution is 2.27. The molecule has 0 atom stereocenters. The molecule has 2 heterocycles. The summed E-state index contributed by atoms with van der Waals surface area (Å²) in [5.74, 6) is 1.02. The van der Waals surface area contributed by atoms with Crippen molar-refractivity contribution in [2.24, 2.45) is 0 Å². The Labute approximate surface area is 169 Å². The lowest BCUT2D eigenvalue weighted by Crippen LogP contribution is -2.09. The van der Waals surface area contributed by atoms with Crippen LogP contribution in [0, 0.1) is 0 Å². The number of rotatable bonds is 6. The summed E-state index contributed by atoms with van der Waals surface area (Å²) in [7, 11) is 0. The third-order valence-electron chi connectivity index (χ3n) is 3.98. The van der Waals surface area contributed by atoms with Crippen LogP contribution in [0.3, 0.4) is 0 Å². The van der Waals surface area contributed by atoms with Gasteiger partial charge in [0.05, 0.1) is 22.3 Å². The number of hydrogen-bond donors (Lipinski definition) is 1. The van der Waals surface area contributed by atoms with Crippen LogP contribution >= 0.6 is 23.1 Å². The second-order valence-electron chi connectivity index (χ2n) is 5.88. The average Bonchev–Trinajstić information content (AvgIpc) is 3.24. The summed E-state index contributed by atoms with van der Waals surface area (Å²) >= 11 is 3.10. The zero-order valence-corrected chi connectivity index (χ0v) is 16.4. The predicted molar refractivity (Wildman–Crippen MR) is 111 cm³/mol. The molecule has 2 aromatic heterocycles. The second kappa shape index (κ2) is 8.37. The summed E-state index contributed by atoms with van der Waals surface area (Å²) in [6, 6.07) is 14.8. The van der Waals surface area contributed by atoms with Crippen molar-refractivity contribution >= 4 is 45.8 Å². The SMILES string of the molecule is Nc1nc(COC(=O)c2ccccc2SCc2cscn2)nc2ccccc12. The molecule has 0 aliphatic rings. The van der Waals surface area contributed by atoms with Crippen molar-refractivity contribution < 1.29 is 9.53 Å². The molecule has 0 saturated heterocycles. The van der Waals surface area contributed by atoms with Crippen LogP contribution in [0.25, 0.3) is 10.9 Å². The fraction of sp³-hybridized carbons (Fsp3) is 0.100. The van der Waals surface area contributed by atoms with Crippen molar-refractivity contribution in [3.05, 3.63) is 76.5 Å². The fourth-order valence-electron chi connectivity index (χ4n) is 2.65. The summed E-state index contributed by atoms with van der Waals surface area (Å²) < 4.78 is 5.45. The monoisotopic (exact) mass is 408 g/mol. The number of ether oxygens (including phenoxy) is 1. The number of nitrogens with two attached hydrogens (primary N) is 1. The van der Waals surface area contributed by atoms with Gasteiger partial charge < -0.3 is 10.5 Å². The van der Waals surface area contributed by atoms with Gasteiger partial charge in [0.1, 0.15) is 5.82 Å². The Morgan fingerprint density at radius 3 is 2.79 bits per heavy atom. The molecule has 4 aromatic rings. The number of hydrogen-bond acceptors (Lipinski definition) is 8. The Bertz CT molecular complexity index is 1120. The Morgan fingerprint density at radius 2 is 1.93 bits per heavy atom. The first-order valence-corrected chi connectivity index (χ1v) is 10.4. The van der Waals surface area contributed by atoms with E-state index in [2.05, 4.69) is 15.0 Å². The molecule has 4 rings (SSSR count). The third kappa shape index (κ3) is 4.13. The maximum absolute atomic E-state index is 12.6. The minimum Gasteiger partial charge on any atom is -0.454 e. The molecule has 0 radical (unpaired) electrons. The summed E-state index contributed by atoms with van der Waals surface area (Å²) in [6.07, 6.45) is 0. The Morgan fingerprint density at radius 1 is 1.11 bits per heavy atom. The highest BCUT2D eigenvalue weighted by molar-refractivity contribution is 7.98. The Balaban J connectivity index is 1.47. The minimum absolute atomic E-state index is 0.0427. The van der Waals surface area contributed by atoms with Crippen LogP contribution in [0.5, 0.6) is 0 Å². The highest BCUT2D eigenvalue weighted by Gasteiger charge is 2.15. The van der Waals surface area contributed by atoms with E-state index in [1.807, 2.05) is 47.8 Å². The van der Waals surface area contributed by atoms with E-state index in [1.165, 1.54) is 0 Å². The standard InChI is InChI=1S/C20H16N4O2S2/c21-19-14-5-1-3-7-16(14)23-18(24-19)9-26-20(25)15-6-2-4-8-17(15)28-11-13-10-27-12-22-13/h1-8,10,12H,9,11H2,(H2,21,23,24). The maximum atomic E-state index is 12.6. The molecule has 0 saturated carbocycles. The molecule has 0 unspecified atom stereocenters. The molecule has 8 heteroatoms. The summed E-state index contributed by atoms with van der Waals surface area (Å²) in [5.41, 5.74) is 10.00. The van der Waals surface area contributed by atoms with Crippen molar-refractivity contribution in [1.29, 1.82) is 0 Å². The molecule has 140 valence electrons. The molecule has 0 aliphatic carbocycles. The van der Waals surface area contributed by atoms with Gasteiger partial charge in [-0.2, -0.15) is 0 Å². The van der Waals surface area contributed by atoms with E-state index in [0.29, 0.717) is 23.0 Å². The minimum atomic E-state index is -0.420. The maximum Gasteiger partial charge on any atom is 0.339 e. The van der Waals surface area contributed by atoms with Gasteiger partial charge in [0.15, 0.2) is 12.4 Å². The van der Waals surface area contributed by atoms with Gasteiger partial charge in [0, 0.05) is 21.4 Å². The average molecular weight is 409 g/mol. The zero-order chi connectivity index (χ0) is 19.3. The van der Waals surface area contributed by atoms with Gasteiger partial charge in [-0.3, -0.25) is 0 Å². The van der Waals surface area contributed by atoms with Gasteiger partial charge in [-0.25, -0.2) is 19.7 Å². The number of esters is 1. The van der Waals surface area contributed by atoms with Crippen molar-refractivity contribution in [2.45, 2.75) is 17.3 Å².